The van der Waals surface area contributed by atoms with Crippen LogP contribution in [0.5, 0.6) is 5.75 Å². The van der Waals surface area contributed by atoms with Crippen LogP contribution in [0.1, 0.15) is 12.0 Å². The number of hydrogen-bond donors (Lipinski definition) is 4. The van der Waals surface area contributed by atoms with Crippen molar-refractivity contribution in [2.75, 3.05) is 0 Å². The van der Waals surface area contributed by atoms with Gasteiger partial charge in [-0.1, -0.05) is 0 Å². The van der Waals surface area contributed by atoms with Gasteiger partial charge in [0.2, 0.25) is 0 Å². The molecule has 1 aromatic heterocycles. The fourth-order valence-corrected chi connectivity index (χ4v) is 2.08. The van der Waals surface area contributed by atoms with Crippen molar-refractivity contribution in [2.24, 2.45) is 0 Å². The topological polar surface area (TPSA) is 145 Å². The van der Waals surface area contributed by atoms with Crippen LogP contribution in [0.4, 0.5) is 0 Å². The standard InChI is InChI=1S/C15H12O8/c16-7-1-2-8-12(3-7)23-6-10(15(8)22)9(4-13(18)19)11(17)5-14(20)21/h1-4,6,11,16-17H,5H2,(H,18,19)(H,20,21)/b9-4+. The van der Waals surface area contributed by atoms with Gasteiger partial charge in [0.15, 0.2) is 5.43 Å². The number of hydrogen-bond acceptors (Lipinski definition) is 6. The summed E-state index contributed by atoms with van der Waals surface area (Å²) in [5.74, 6) is -2.93. The Morgan fingerprint density at radius 1 is 1.26 bits per heavy atom. The molecule has 0 fully saturated rings. The summed E-state index contributed by atoms with van der Waals surface area (Å²) in [6, 6.07) is 3.73. The minimum Gasteiger partial charge on any atom is -0.508 e. The van der Waals surface area contributed by atoms with Crippen molar-refractivity contribution in [1.29, 1.82) is 0 Å². The Balaban J connectivity index is 2.64. The van der Waals surface area contributed by atoms with Gasteiger partial charge >= 0.3 is 11.9 Å². The zero-order chi connectivity index (χ0) is 17.1. The van der Waals surface area contributed by atoms with Gasteiger partial charge in [0, 0.05) is 17.7 Å². The van der Waals surface area contributed by atoms with Gasteiger partial charge in [-0.2, -0.15) is 0 Å². The van der Waals surface area contributed by atoms with Gasteiger partial charge in [0.1, 0.15) is 17.6 Å². The molecule has 0 aliphatic rings. The first-order valence-electron chi connectivity index (χ1n) is 6.39. The number of rotatable bonds is 5. The predicted octanol–water partition coefficient (Wildman–Crippen LogP) is 0.802. The number of carboxylic acids is 2. The lowest BCUT2D eigenvalue weighted by Crippen LogP contribution is -2.20. The molecule has 120 valence electrons. The van der Waals surface area contributed by atoms with Gasteiger partial charge in [-0.3, -0.25) is 9.59 Å². The SMILES string of the molecule is O=C(O)/C=C(\c1coc2cc(O)ccc2c1=O)C(O)CC(=O)O. The van der Waals surface area contributed by atoms with Gasteiger partial charge in [-0.05, 0) is 12.1 Å². The van der Waals surface area contributed by atoms with E-state index >= 15 is 0 Å². The van der Waals surface area contributed by atoms with Crippen molar-refractivity contribution in [3.8, 4) is 5.75 Å². The number of phenols is 1. The summed E-state index contributed by atoms with van der Waals surface area (Å²) in [5, 5.41) is 36.9. The summed E-state index contributed by atoms with van der Waals surface area (Å²) < 4.78 is 5.17. The largest absolute Gasteiger partial charge is 0.508 e. The van der Waals surface area contributed by atoms with Gasteiger partial charge in [0.05, 0.1) is 23.5 Å². The minimum absolute atomic E-state index is 0.0547. The van der Waals surface area contributed by atoms with E-state index in [9.17, 15) is 24.6 Å². The highest BCUT2D eigenvalue weighted by Crippen LogP contribution is 2.23. The Hall–Kier alpha value is -3.13. The fourth-order valence-electron chi connectivity index (χ4n) is 2.08. The van der Waals surface area contributed by atoms with E-state index in [-0.39, 0.29) is 27.9 Å². The number of benzene rings is 1. The molecule has 1 atom stereocenters. The first kappa shape index (κ1) is 16.2. The van der Waals surface area contributed by atoms with E-state index < -0.39 is 29.9 Å². The molecule has 0 amide bonds. The lowest BCUT2D eigenvalue weighted by molar-refractivity contribution is -0.138. The second-order valence-corrected chi connectivity index (χ2v) is 4.71. The molecule has 1 heterocycles. The molecule has 8 nitrogen and oxygen atoms in total. The van der Waals surface area contributed by atoms with Crippen LogP contribution in [-0.4, -0.2) is 38.5 Å². The van der Waals surface area contributed by atoms with E-state index in [1.165, 1.54) is 18.2 Å². The number of carboxylic acid groups (broad SMARTS) is 2. The lowest BCUT2D eigenvalue weighted by atomic mass is 9.98. The number of carbonyl (C=O) groups is 2. The van der Waals surface area contributed by atoms with Crippen LogP contribution in [0, 0.1) is 0 Å². The smallest absolute Gasteiger partial charge is 0.328 e. The number of phenolic OH excluding ortho intramolecular Hbond substituents is 1. The van der Waals surface area contributed by atoms with Crippen molar-refractivity contribution in [1.82, 2.24) is 0 Å². The molecule has 2 rings (SSSR count). The summed E-state index contributed by atoms with van der Waals surface area (Å²) in [5.41, 5.74) is -1.22. The predicted molar refractivity (Wildman–Crippen MR) is 78.0 cm³/mol. The molecule has 1 unspecified atom stereocenters. The van der Waals surface area contributed by atoms with E-state index in [1.54, 1.807) is 0 Å². The molecule has 0 aliphatic heterocycles. The number of aliphatic hydroxyl groups is 1. The normalized spacial score (nSPS) is 13.0. The van der Waals surface area contributed by atoms with Crippen LogP contribution in [0.25, 0.3) is 16.5 Å². The molecule has 0 radical (unpaired) electrons. The van der Waals surface area contributed by atoms with E-state index in [4.69, 9.17) is 14.6 Å². The number of aliphatic hydroxyl groups excluding tert-OH is 1. The highest BCUT2D eigenvalue weighted by atomic mass is 16.4. The van der Waals surface area contributed by atoms with E-state index in [1.807, 2.05) is 0 Å². The molecule has 0 saturated carbocycles. The number of aromatic hydroxyl groups is 1. The van der Waals surface area contributed by atoms with Crippen LogP contribution in [0.2, 0.25) is 0 Å². The Kier molecular flexibility index (Phi) is 4.47. The van der Waals surface area contributed by atoms with Gasteiger partial charge in [0.25, 0.3) is 0 Å². The summed E-state index contributed by atoms with van der Waals surface area (Å²) >= 11 is 0. The molecule has 8 heteroatoms. The Morgan fingerprint density at radius 3 is 2.57 bits per heavy atom. The van der Waals surface area contributed by atoms with Crippen LogP contribution >= 0.6 is 0 Å². The van der Waals surface area contributed by atoms with E-state index in [0.29, 0.717) is 6.08 Å². The number of fused-ring (bicyclic) bond motifs is 1. The zero-order valence-corrected chi connectivity index (χ0v) is 11.6. The van der Waals surface area contributed by atoms with Crippen molar-refractivity contribution >= 4 is 28.5 Å². The molecule has 23 heavy (non-hydrogen) atoms. The summed E-state index contributed by atoms with van der Waals surface area (Å²) in [6.07, 6.45) is -0.983. The third-order valence-electron chi connectivity index (χ3n) is 3.08. The van der Waals surface area contributed by atoms with E-state index in [2.05, 4.69) is 0 Å². The Labute approximate surface area is 128 Å². The Morgan fingerprint density at radius 2 is 1.96 bits per heavy atom. The maximum atomic E-state index is 12.4. The maximum Gasteiger partial charge on any atom is 0.328 e. The quantitative estimate of drug-likeness (QED) is 0.592. The lowest BCUT2D eigenvalue weighted by Gasteiger charge is -2.12. The van der Waals surface area contributed by atoms with Crippen LogP contribution in [0.15, 0.2) is 39.7 Å². The zero-order valence-electron chi connectivity index (χ0n) is 11.6. The maximum absolute atomic E-state index is 12.4. The van der Waals surface area contributed by atoms with Crippen LogP contribution in [-0.2, 0) is 9.59 Å². The average Bonchev–Trinajstić information content (AvgIpc) is 2.44. The second kappa shape index (κ2) is 6.32. The third-order valence-corrected chi connectivity index (χ3v) is 3.08. The van der Waals surface area contributed by atoms with Crippen LogP contribution in [0.3, 0.4) is 0 Å². The summed E-state index contributed by atoms with van der Waals surface area (Å²) in [6.45, 7) is 0. The van der Waals surface area contributed by atoms with Gasteiger partial charge in [-0.15, -0.1) is 0 Å². The highest BCUT2D eigenvalue weighted by molar-refractivity contribution is 5.93. The first-order chi connectivity index (χ1) is 10.8. The summed E-state index contributed by atoms with van der Waals surface area (Å²) in [7, 11) is 0. The van der Waals surface area contributed by atoms with Crippen molar-refractivity contribution in [2.45, 2.75) is 12.5 Å². The minimum atomic E-state index is -1.69. The molecule has 2 aromatic rings. The molecule has 4 N–H and O–H groups in total. The fraction of sp³-hybridized carbons (Fsp3) is 0.133. The number of aliphatic carboxylic acids is 2. The second-order valence-electron chi connectivity index (χ2n) is 4.71. The molecular formula is C15H12O8. The van der Waals surface area contributed by atoms with Crippen LogP contribution < -0.4 is 5.43 Å². The highest BCUT2D eigenvalue weighted by Gasteiger charge is 2.22. The van der Waals surface area contributed by atoms with Crippen molar-refractivity contribution in [3.63, 3.8) is 0 Å². The molecule has 1 aromatic carbocycles. The Bertz CT molecular complexity index is 861. The molecular weight excluding hydrogens is 308 g/mol. The monoisotopic (exact) mass is 320 g/mol. The molecule has 0 spiro atoms. The molecule has 0 aliphatic carbocycles. The van der Waals surface area contributed by atoms with Gasteiger partial charge < -0.3 is 24.8 Å². The van der Waals surface area contributed by atoms with Gasteiger partial charge in [-0.25, -0.2) is 4.79 Å². The first-order valence-corrected chi connectivity index (χ1v) is 6.39. The third kappa shape index (κ3) is 3.55. The van der Waals surface area contributed by atoms with Crippen molar-refractivity contribution in [3.05, 3.63) is 46.3 Å². The van der Waals surface area contributed by atoms with Crippen molar-refractivity contribution < 1.29 is 34.4 Å². The molecule has 0 bridgehead atoms. The molecule has 0 saturated heterocycles. The average molecular weight is 320 g/mol. The summed E-state index contributed by atoms with van der Waals surface area (Å²) in [4.78, 5) is 34.0. The van der Waals surface area contributed by atoms with E-state index in [0.717, 1.165) is 6.26 Å².